The molecule has 0 aliphatic carbocycles. The molecule has 8 nitrogen and oxygen atoms in total. The lowest BCUT2D eigenvalue weighted by molar-refractivity contribution is -0.146. The summed E-state index contributed by atoms with van der Waals surface area (Å²) in [5.74, 6) is -0.00877. The molecule has 0 N–H and O–H groups in total. The van der Waals surface area contributed by atoms with Crippen LogP contribution in [0.15, 0.2) is 24.5 Å². The first-order valence-electron chi connectivity index (χ1n) is 8.56. The maximum Gasteiger partial charge on any atom is 0.453 e. The number of rotatable bonds is 3. The SMILES string of the molecule is CCc1cnc(N2CCN(c3ccc4nnc(C(F)(F)F)n4n3)CC2)nc1. The standard InChI is InChI=1S/C16H17F3N8/c1-2-11-9-20-15(21-10-11)26-7-5-25(6-8-26)13-4-3-12-22-23-14(16(17,18)19)27(12)24-13/h3-4,9-10H,2,5-8H2,1H3. The van der Waals surface area contributed by atoms with Gasteiger partial charge >= 0.3 is 6.18 Å². The summed E-state index contributed by atoms with van der Waals surface area (Å²) in [5, 5.41) is 10.8. The fourth-order valence-corrected chi connectivity index (χ4v) is 2.95. The van der Waals surface area contributed by atoms with Crippen LogP contribution in [0.2, 0.25) is 0 Å². The van der Waals surface area contributed by atoms with Crippen molar-refractivity contribution in [1.29, 1.82) is 0 Å². The number of halogens is 3. The Morgan fingerprint density at radius 2 is 1.63 bits per heavy atom. The predicted octanol–water partition coefficient (Wildman–Crippen LogP) is 1.82. The number of aryl methyl sites for hydroxylation is 1. The molecule has 1 fully saturated rings. The largest absolute Gasteiger partial charge is 0.453 e. The summed E-state index contributed by atoms with van der Waals surface area (Å²) in [5.41, 5.74) is 1.14. The van der Waals surface area contributed by atoms with Crippen molar-refractivity contribution in [1.82, 2.24) is 29.8 Å². The Labute approximate surface area is 152 Å². The van der Waals surface area contributed by atoms with Crippen molar-refractivity contribution in [2.75, 3.05) is 36.0 Å². The van der Waals surface area contributed by atoms with Crippen LogP contribution in [0.1, 0.15) is 18.3 Å². The van der Waals surface area contributed by atoms with Crippen LogP contribution in [0.4, 0.5) is 24.9 Å². The maximum atomic E-state index is 13.0. The van der Waals surface area contributed by atoms with E-state index in [0.717, 1.165) is 16.5 Å². The summed E-state index contributed by atoms with van der Waals surface area (Å²) in [6, 6.07) is 3.15. The van der Waals surface area contributed by atoms with Gasteiger partial charge in [-0.3, -0.25) is 0 Å². The molecule has 0 atom stereocenters. The smallest absolute Gasteiger partial charge is 0.352 e. The topological polar surface area (TPSA) is 75.3 Å². The molecular weight excluding hydrogens is 361 g/mol. The molecule has 1 aliphatic rings. The van der Waals surface area contributed by atoms with Gasteiger partial charge in [0.1, 0.15) is 5.82 Å². The molecule has 4 heterocycles. The van der Waals surface area contributed by atoms with Gasteiger partial charge in [-0.25, -0.2) is 9.97 Å². The average molecular weight is 378 g/mol. The average Bonchev–Trinajstić information content (AvgIpc) is 3.12. The minimum absolute atomic E-state index is 0.0640. The first-order valence-corrected chi connectivity index (χ1v) is 8.56. The molecule has 3 aromatic rings. The van der Waals surface area contributed by atoms with E-state index in [0.29, 0.717) is 37.9 Å². The quantitative estimate of drug-likeness (QED) is 0.688. The molecule has 0 radical (unpaired) electrons. The number of hydrogen-bond acceptors (Lipinski definition) is 7. The van der Waals surface area contributed by atoms with Crippen LogP contribution in [0.5, 0.6) is 0 Å². The van der Waals surface area contributed by atoms with Crippen molar-refractivity contribution in [3.8, 4) is 0 Å². The van der Waals surface area contributed by atoms with E-state index in [-0.39, 0.29) is 5.65 Å². The van der Waals surface area contributed by atoms with Gasteiger partial charge < -0.3 is 9.80 Å². The van der Waals surface area contributed by atoms with Crippen molar-refractivity contribution < 1.29 is 13.2 Å². The Balaban J connectivity index is 1.50. The van der Waals surface area contributed by atoms with Gasteiger partial charge in [0, 0.05) is 38.6 Å². The van der Waals surface area contributed by atoms with Gasteiger partial charge in [-0.1, -0.05) is 6.92 Å². The zero-order chi connectivity index (χ0) is 19.0. The third-order valence-electron chi connectivity index (χ3n) is 4.49. The Morgan fingerprint density at radius 3 is 2.26 bits per heavy atom. The van der Waals surface area contributed by atoms with Crippen LogP contribution in [0.25, 0.3) is 5.65 Å². The van der Waals surface area contributed by atoms with Gasteiger partial charge in [-0.05, 0) is 24.1 Å². The second-order valence-corrected chi connectivity index (χ2v) is 6.20. The van der Waals surface area contributed by atoms with Crippen molar-refractivity contribution in [2.24, 2.45) is 0 Å². The van der Waals surface area contributed by atoms with Crippen LogP contribution in [-0.2, 0) is 12.6 Å². The molecule has 0 spiro atoms. The Morgan fingerprint density at radius 1 is 0.963 bits per heavy atom. The summed E-state index contributed by atoms with van der Waals surface area (Å²) >= 11 is 0. The number of hydrogen-bond donors (Lipinski definition) is 0. The Hall–Kier alpha value is -2.98. The summed E-state index contributed by atoms with van der Waals surface area (Å²) in [4.78, 5) is 12.7. The highest BCUT2D eigenvalue weighted by Gasteiger charge is 2.37. The van der Waals surface area contributed by atoms with Gasteiger partial charge in [-0.2, -0.15) is 17.7 Å². The molecule has 1 aliphatic heterocycles. The van der Waals surface area contributed by atoms with E-state index in [1.807, 2.05) is 29.1 Å². The van der Waals surface area contributed by atoms with Crippen LogP contribution in [0.3, 0.4) is 0 Å². The van der Waals surface area contributed by atoms with Crippen molar-refractivity contribution in [2.45, 2.75) is 19.5 Å². The third-order valence-corrected chi connectivity index (χ3v) is 4.49. The van der Waals surface area contributed by atoms with E-state index in [1.54, 1.807) is 6.07 Å². The molecular formula is C16H17F3N8. The fourth-order valence-electron chi connectivity index (χ4n) is 2.95. The van der Waals surface area contributed by atoms with Crippen molar-refractivity contribution >= 4 is 17.4 Å². The summed E-state index contributed by atoms with van der Waals surface area (Å²) in [6.45, 7) is 4.54. The van der Waals surface area contributed by atoms with Crippen molar-refractivity contribution in [3.63, 3.8) is 0 Å². The lowest BCUT2D eigenvalue weighted by Gasteiger charge is -2.35. The zero-order valence-corrected chi connectivity index (χ0v) is 14.6. The fraction of sp³-hybridized carbons (Fsp3) is 0.438. The molecule has 0 saturated carbocycles. The van der Waals surface area contributed by atoms with Crippen LogP contribution in [-0.4, -0.2) is 56.0 Å². The highest BCUT2D eigenvalue weighted by atomic mass is 19.4. The summed E-state index contributed by atoms with van der Waals surface area (Å²) in [7, 11) is 0. The first-order chi connectivity index (χ1) is 13.0. The molecule has 3 aromatic heterocycles. The number of anilines is 2. The lowest BCUT2D eigenvalue weighted by atomic mass is 10.3. The highest BCUT2D eigenvalue weighted by molar-refractivity contribution is 5.47. The molecule has 1 saturated heterocycles. The van der Waals surface area contributed by atoms with E-state index in [9.17, 15) is 13.2 Å². The van der Waals surface area contributed by atoms with E-state index >= 15 is 0 Å². The maximum absolute atomic E-state index is 13.0. The van der Waals surface area contributed by atoms with Crippen LogP contribution >= 0.6 is 0 Å². The van der Waals surface area contributed by atoms with Gasteiger partial charge in [0.05, 0.1) is 0 Å². The van der Waals surface area contributed by atoms with E-state index in [2.05, 4.69) is 25.3 Å². The number of fused-ring (bicyclic) bond motifs is 1. The molecule has 0 bridgehead atoms. The van der Waals surface area contributed by atoms with Gasteiger partial charge in [0.25, 0.3) is 5.82 Å². The molecule has 0 aromatic carbocycles. The lowest BCUT2D eigenvalue weighted by Crippen LogP contribution is -2.47. The third kappa shape index (κ3) is 3.36. The molecule has 4 rings (SSSR count). The highest BCUT2D eigenvalue weighted by Crippen LogP contribution is 2.28. The first kappa shape index (κ1) is 17.4. The predicted molar refractivity (Wildman–Crippen MR) is 91.6 cm³/mol. The van der Waals surface area contributed by atoms with E-state index in [1.165, 1.54) is 6.07 Å². The Bertz CT molecular complexity index is 929. The number of nitrogens with zero attached hydrogens (tertiary/aromatic N) is 8. The second kappa shape index (κ2) is 6.63. The Kier molecular flexibility index (Phi) is 4.28. The van der Waals surface area contributed by atoms with Gasteiger partial charge in [0.15, 0.2) is 5.65 Å². The minimum Gasteiger partial charge on any atom is -0.352 e. The molecule has 11 heteroatoms. The number of piperazine rings is 1. The van der Waals surface area contributed by atoms with Crippen molar-refractivity contribution in [3.05, 3.63) is 35.9 Å². The zero-order valence-electron chi connectivity index (χ0n) is 14.6. The van der Waals surface area contributed by atoms with Crippen LogP contribution in [0, 0.1) is 0 Å². The number of aromatic nitrogens is 6. The number of alkyl halides is 3. The minimum atomic E-state index is -4.61. The van der Waals surface area contributed by atoms with Gasteiger partial charge in [0.2, 0.25) is 5.95 Å². The molecule has 0 amide bonds. The van der Waals surface area contributed by atoms with E-state index in [4.69, 9.17) is 0 Å². The normalized spacial score (nSPS) is 15.6. The van der Waals surface area contributed by atoms with Crippen LogP contribution < -0.4 is 9.80 Å². The monoisotopic (exact) mass is 378 g/mol. The van der Waals surface area contributed by atoms with Gasteiger partial charge in [-0.15, -0.1) is 15.3 Å². The molecule has 142 valence electrons. The van der Waals surface area contributed by atoms with E-state index < -0.39 is 12.0 Å². The summed E-state index contributed by atoms with van der Waals surface area (Å²) < 4.78 is 39.8. The summed E-state index contributed by atoms with van der Waals surface area (Å²) in [6.07, 6.45) is -0.0965. The molecule has 27 heavy (non-hydrogen) atoms. The second-order valence-electron chi connectivity index (χ2n) is 6.20. The molecule has 0 unspecified atom stereocenters.